The third-order valence-electron chi connectivity index (χ3n) is 4.98. The molecule has 0 bridgehead atoms. The van der Waals surface area contributed by atoms with Crippen LogP contribution in [0.1, 0.15) is 39.0 Å². The highest BCUT2D eigenvalue weighted by Crippen LogP contribution is 2.38. The van der Waals surface area contributed by atoms with Gasteiger partial charge in [-0.05, 0) is 50.9 Å². The number of hydrogen-bond acceptors (Lipinski definition) is 4. The first-order chi connectivity index (χ1) is 11.1. The summed E-state index contributed by atoms with van der Waals surface area (Å²) in [5, 5.41) is 6.81. The Morgan fingerprint density at radius 1 is 1.26 bits per heavy atom. The average molecular weight is 343 g/mol. The van der Waals surface area contributed by atoms with Crippen molar-refractivity contribution in [1.82, 2.24) is 10.6 Å². The van der Waals surface area contributed by atoms with Gasteiger partial charge >= 0.3 is 0 Å². The highest BCUT2D eigenvalue weighted by molar-refractivity contribution is 7.91. The second kappa shape index (κ2) is 7.38. The Morgan fingerprint density at radius 3 is 2.74 bits per heavy atom. The van der Waals surface area contributed by atoms with E-state index >= 15 is 0 Å². The summed E-state index contributed by atoms with van der Waals surface area (Å²) in [7, 11) is -2.82. The topological polar surface area (TPSA) is 79.8 Å². The van der Waals surface area contributed by atoms with Gasteiger partial charge in [0.15, 0.2) is 15.8 Å². The Labute approximate surface area is 139 Å². The molecular formula is C16H29N3O3S. The molecule has 0 amide bonds. The van der Waals surface area contributed by atoms with Crippen LogP contribution in [0.4, 0.5) is 0 Å². The Bertz CT molecular complexity index is 531. The molecule has 1 saturated carbocycles. The van der Waals surface area contributed by atoms with E-state index in [-0.39, 0.29) is 11.7 Å². The van der Waals surface area contributed by atoms with E-state index in [0.717, 1.165) is 44.3 Å². The number of aliphatic imine (C=N–C) groups is 1. The molecule has 0 aromatic rings. The third-order valence-corrected chi connectivity index (χ3v) is 6.82. The van der Waals surface area contributed by atoms with E-state index in [4.69, 9.17) is 4.74 Å². The van der Waals surface area contributed by atoms with Crippen LogP contribution in [0, 0.1) is 11.8 Å². The van der Waals surface area contributed by atoms with E-state index in [1.54, 1.807) is 0 Å². The van der Waals surface area contributed by atoms with E-state index in [0.29, 0.717) is 24.4 Å². The van der Waals surface area contributed by atoms with Crippen molar-refractivity contribution in [2.24, 2.45) is 16.8 Å². The first-order valence-corrected chi connectivity index (χ1v) is 10.7. The summed E-state index contributed by atoms with van der Waals surface area (Å²) in [6.07, 6.45) is 5.82. The van der Waals surface area contributed by atoms with Crippen LogP contribution in [0.25, 0.3) is 0 Å². The van der Waals surface area contributed by atoms with Crippen LogP contribution in [-0.4, -0.2) is 57.7 Å². The van der Waals surface area contributed by atoms with Crippen LogP contribution < -0.4 is 10.6 Å². The average Bonchev–Trinajstić information content (AvgIpc) is 3.30. The fourth-order valence-corrected chi connectivity index (χ4v) is 5.35. The molecule has 6 nitrogen and oxygen atoms in total. The first-order valence-electron chi connectivity index (χ1n) is 8.92. The Morgan fingerprint density at radius 2 is 2.09 bits per heavy atom. The minimum absolute atomic E-state index is 0.171. The molecular weight excluding hydrogens is 314 g/mol. The summed E-state index contributed by atoms with van der Waals surface area (Å²) in [5.74, 6) is 2.36. The van der Waals surface area contributed by atoms with Crippen molar-refractivity contribution >= 4 is 15.8 Å². The standard InChI is InChI=1S/C16H29N3O3S/c1-2-17-16(18-10-12-6-8-23(20,21)11-12)19-14-5-7-22-15(9-14)13-3-4-13/h12-15H,2-11H2,1H3,(H2,17,18,19). The summed E-state index contributed by atoms with van der Waals surface area (Å²) in [6.45, 7) is 4.27. The molecule has 2 aliphatic heterocycles. The molecule has 3 atom stereocenters. The Balaban J connectivity index is 1.52. The number of nitrogens with one attached hydrogen (secondary N) is 2. The maximum Gasteiger partial charge on any atom is 0.191 e. The molecule has 7 heteroatoms. The zero-order valence-electron chi connectivity index (χ0n) is 14.0. The van der Waals surface area contributed by atoms with E-state index < -0.39 is 9.84 Å². The van der Waals surface area contributed by atoms with Crippen LogP contribution in [0.5, 0.6) is 0 Å². The van der Waals surface area contributed by atoms with E-state index in [9.17, 15) is 8.42 Å². The number of guanidine groups is 1. The number of sulfone groups is 1. The second-order valence-corrected chi connectivity index (χ2v) is 9.33. The summed E-state index contributed by atoms with van der Waals surface area (Å²) in [5.41, 5.74) is 0. The molecule has 23 heavy (non-hydrogen) atoms. The summed E-state index contributed by atoms with van der Waals surface area (Å²) in [4.78, 5) is 4.63. The smallest absolute Gasteiger partial charge is 0.191 e. The van der Waals surface area contributed by atoms with Gasteiger partial charge in [0, 0.05) is 25.7 Å². The van der Waals surface area contributed by atoms with Gasteiger partial charge in [0.2, 0.25) is 0 Å². The summed E-state index contributed by atoms with van der Waals surface area (Å²) >= 11 is 0. The molecule has 3 rings (SSSR count). The Hall–Kier alpha value is -0.820. The maximum absolute atomic E-state index is 11.5. The molecule has 0 radical (unpaired) electrons. The molecule has 2 saturated heterocycles. The molecule has 3 aliphatic rings. The van der Waals surface area contributed by atoms with Gasteiger partial charge in [-0.1, -0.05) is 0 Å². The highest BCUT2D eigenvalue weighted by Gasteiger charge is 2.36. The lowest BCUT2D eigenvalue weighted by atomic mass is 10.0. The van der Waals surface area contributed by atoms with Gasteiger partial charge in [-0.3, -0.25) is 4.99 Å². The molecule has 0 spiro atoms. The van der Waals surface area contributed by atoms with Crippen molar-refractivity contribution in [2.45, 2.75) is 51.2 Å². The van der Waals surface area contributed by atoms with Gasteiger partial charge in [-0.25, -0.2) is 8.42 Å². The van der Waals surface area contributed by atoms with Crippen molar-refractivity contribution in [3.05, 3.63) is 0 Å². The lowest BCUT2D eigenvalue weighted by molar-refractivity contribution is -0.00825. The molecule has 0 aromatic heterocycles. The highest BCUT2D eigenvalue weighted by atomic mass is 32.2. The van der Waals surface area contributed by atoms with Crippen LogP contribution in [-0.2, 0) is 14.6 Å². The van der Waals surface area contributed by atoms with Crippen LogP contribution >= 0.6 is 0 Å². The maximum atomic E-state index is 11.5. The molecule has 2 N–H and O–H groups in total. The van der Waals surface area contributed by atoms with Crippen molar-refractivity contribution in [3.8, 4) is 0 Å². The lowest BCUT2D eigenvalue weighted by Gasteiger charge is -2.31. The Kier molecular flexibility index (Phi) is 5.46. The van der Waals surface area contributed by atoms with Gasteiger partial charge in [0.25, 0.3) is 0 Å². The molecule has 2 heterocycles. The van der Waals surface area contributed by atoms with Gasteiger partial charge in [-0.15, -0.1) is 0 Å². The number of ether oxygens (including phenoxy) is 1. The van der Waals surface area contributed by atoms with Crippen molar-refractivity contribution in [1.29, 1.82) is 0 Å². The van der Waals surface area contributed by atoms with Crippen molar-refractivity contribution in [3.63, 3.8) is 0 Å². The predicted molar refractivity (Wildman–Crippen MR) is 91.4 cm³/mol. The second-order valence-electron chi connectivity index (χ2n) is 7.10. The van der Waals surface area contributed by atoms with Gasteiger partial charge in [0.05, 0.1) is 17.6 Å². The third kappa shape index (κ3) is 5.08. The predicted octanol–water partition coefficient (Wildman–Crippen LogP) is 0.934. The first kappa shape index (κ1) is 17.0. The fraction of sp³-hybridized carbons (Fsp3) is 0.938. The van der Waals surface area contributed by atoms with Crippen LogP contribution in [0.15, 0.2) is 4.99 Å². The minimum atomic E-state index is -2.82. The summed E-state index contributed by atoms with van der Waals surface area (Å²) in [6, 6.07) is 0.402. The van der Waals surface area contributed by atoms with E-state index in [1.807, 2.05) is 6.92 Å². The van der Waals surface area contributed by atoms with Crippen LogP contribution in [0.3, 0.4) is 0 Å². The molecule has 1 aliphatic carbocycles. The largest absolute Gasteiger partial charge is 0.378 e. The zero-order chi connectivity index (χ0) is 16.3. The number of nitrogens with zero attached hydrogens (tertiary/aromatic N) is 1. The van der Waals surface area contributed by atoms with Crippen molar-refractivity contribution < 1.29 is 13.2 Å². The molecule has 3 fully saturated rings. The SMILES string of the molecule is CCNC(=NCC1CCS(=O)(=O)C1)NC1CCOC(C2CC2)C1. The molecule has 0 aromatic carbocycles. The zero-order valence-corrected chi connectivity index (χ0v) is 14.8. The van der Waals surface area contributed by atoms with Crippen molar-refractivity contribution in [2.75, 3.05) is 31.2 Å². The van der Waals surface area contributed by atoms with Gasteiger partial charge in [0.1, 0.15) is 0 Å². The fourth-order valence-electron chi connectivity index (χ4n) is 3.51. The molecule has 3 unspecified atom stereocenters. The quantitative estimate of drug-likeness (QED) is 0.573. The van der Waals surface area contributed by atoms with E-state index in [2.05, 4.69) is 15.6 Å². The monoisotopic (exact) mass is 343 g/mol. The van der Waals surface area contributed by atoms with Crippen LogP contribution in [0.2, 0.25) is 0 Å². The minimum Gasteiger partial charge on any atom is -0.378 e. The normalized spacial score (nSPS) is 34.3. The van der Waals surface area contributed by atoms with E-state index in [1.165, 1.54) is 12.8 Å². The summed E-state index contributed by atoms with van der Waals surface area (Å²) < 4.78 is 29.0. The van der Waals surface area contributed by atoms with Gasteiger partial charge < -0.3 is 15.4 Å². The molecule has 132 valence electrons. The number of rotatable bonds is 5. The van der Waals surface area contributed by atoms with Gasteiger partial charge in [-0.2, -0.15) is 0 Å². The lowest BCUT2D eigenvalue weighted by Crippen LogP contribution is -2.47. The number of hydrogen-bond donors (Lipinski definition) is 2.